The van der Waals surface area contributed by atoms with E-state index >= 15 is 0 Å². The highest BCUT2D eigenvalue weighted by Gasteiger charge is 2.20. The molecule has 1 amide bonds. The molecule has 0 spiro atoms. The van der Waals surface area contributed by atoms with Crippen molar-refractivity contribution in [1.82, 2.24) is 25.1 Å². The van der Waals surface area contributed by atoms with Crippen LogP contribution in [0.25, 0.3) is 11.0 Å². The largest absolute Gasteiger partial charge is 0.356 e. The van der Waals surface area contributed by atoms with Gasteiger partial charge in [0.2, 0.25) is 0 Å². The Kier molecular flexibility index (Phi) is 6.74. The van der Waals surface area contributed by atoms with Gasteiger partial charge < -0.3 is 10.2 Å². The number of fused-ring (bicyclic) bond motifs is 1. The first-order valence-corrected chi connectivity index (χ1v) is 11.7. The van der Waals surface area contributed by atoms with Crippen LogP contribution in [0.5, 0.6) is 0 Å². The minimum atomic E-state index is -0.192. The first-order chi connectivity index (χ1) is 14.7. The molecule has 0 radical (unpaired) electrons. The van der Waals surface area contributed by atoms with Crippen LogP contribution in [0.1, 0.15) is 36.5 Å². The van der Waals surface area contributed by atoms with Crippen molar-refractivity contribution >= 4 is 46.1 Å². The van der Waals surface area contributed by atoms with E-state index in [1.54, 1.807) is 36.0 Å². The molecule has 1 aliphatic rings. The molecule has 3 aromatic rings. The summed E-state index contributed by atoms with van der Waals surface area (Å²) in [6.45, 7) is 5.08. The minimum Gasteiger partial charge on any atom is -0.356 e. The van der Waals surface area contributed by atoms with Crippen LogP contribution in [0.15, 0.2) is 35.6 Å². The summed E-state index contributed by atoms with van der Waals surface area (Å²) in [7, 11) is 0. The second kappa shape index (κ2) is 9.66. The summed E-state index contributed by atoms with van der Waals surface area (Å²) in [5, 5.41) is 9.64. The second-order valence-corrected chi connectivity index (χ2v) is 8.79. The Bertz CT molecular complexity index is 1030. The van der Waals surface area contributed by atoms with Crippen LogP contribution in [0.4, 0.5) is 5.82 Å². The van der Waals surface area contributed by atoms with E-state index in [0.717, 1.165) is 40.9 Å². The molecule has 0 saturated carbocycles. The molecule has 9 heteroatoms. The molecule has 7 nitrogen and oxygen atoms in total. The Labute approximate surface area is 185 Å². The van der Waals surface area contributed by atoms with Crippen LogP contribution in [0.3, 0.4) is 0 Å². The predicted molar refractivity (Wildman–Crippen MR) is 122 cm³/mol. The molecule has 0 atom stereocenters. The minimum absolute atomic E-state index is 0.192. The third-order valence-electron chi connectivity index (χ3n) is 5.11. The lowest BCUT2D eigenvalue weighted by Crippen LogP contribution is -2.30. The van der Waals surface area contributed by atoms with Gasteiger partial charge in [0.1, 0.15) is 5.82 Å². The van der Waals surface area contributed by atoms with E-state index in [2.05, 4.69) is 22.2 Å². The number of hydrogen-bond acceptors (Lipinski definition) is 6. The maximum Gasteiger partial charge on any atom is 0.252 e. The van der Waals surface area contributed by atoms with Crippen molar-refractivity contribution in [1.29, 1.82) is 0 Å². The van der Waals surface area contributed by atoms with E-state index in [9.17, 15) is 4.79 Å². The zero-order valence-corrected chi connectivity index (χ0v) is 18.5. The number of nitrogens with one attached hydrogen (secondary N) is 1. The molecule has 3 heterocycles. The van der Waals surface area contributed by atoms with Crippen molar-refractivity contribution in [2.45, 2.75) is 37.9 Å². The highest BCUT2D eigenvalue weighted by atomic mass is 35.5. The molecule has 4 rings (SSSR count). The van der Waals surface area contributed by atoms with Gasteiger partial charge in [-0.2, -0.15) is 5.10 Å². The van der Waals surface area contributed by atoms with Crippen LogP contribution in [0.2, 0.25) is 5.02 Å². The van der Waals surface area contributed by atoms with Crippen LogP contribution in [0, 0.1) is 0 Å². The molecule has 0 bridgehead atoms. The lowest BCUT2D eigenvalue weighted by molar-refractivity contribution is 0.0952. The molecule has 2 aromatic heterocycles. The number of nitrogens with zero attached hydrogens (tertiary/aromatic N) is 5. The molecule has 1 saturated heterocycles. The average molecular weight is 445 g/mol. The second-order valence-electron chi connectivity index (χ2n) is 7.15. The Morgan fingerprint density at radius 2 is 2.00 bits per heavy atom. The van der Waals surface area contributed by atoms with Gasteiger partial charge >= 0.3 is 0 Å². The number of thioether (sulfide) groups is 1. The van der Waals surface area contributed by atoms with Crippen LogP contribution >= 0.6 is 23.4 Å². The lowest BCUT2D eigenvalue weighted by Gasteiger charge is -2.28. The number of rotatable bonds is 7. The number of aromatic nitrogens is 4. The maximum absolute atomic E-state index is 12.4. The van der Waals surface area contributed by atoms with Crippen LogP contribution < -0.4 is 10.2 Å². The van der Waals surface area contributed by atoms with Crippen LogP contribution in [-0.2, 0) is 6.54 Å². The quantitative estimate of drug-likeness (QED) is 0.438. The van der Waals surface area contributed by atoms with Gasteiger partial charge in [-0.3, -0.25) is 4.79 Å². The fourth-order valence-electron chi connectivity index (χ4n) is 3.64. The molecular formula is C21H25ClN6OS. The summed E-state index contributed by atoms with van der Waals surface area (Å²) in [6, 6.07) is 7.03. The van der Waals surface area contributed by atoms with Crippen molar-refractivity contribution in [3.8, 4) is 0 Å². The van der Waals surface area contributed by atoms with E-state index in [-0.39, 0.29) is 5.91 Å². The first-order valence-electron chi connectivity index (χ1n) is 10.3. The SMILES string of the molecule is CCSc1nc(N2CCCCC2)c2cnn(CCNC(=O)c3ccccc3Cl)c2n1. The topological polar surface area (TPSA) is 75.9 Å². The number of carbonyl (C=O) groups is 1. The maximum atomic E-state index is 12.4. The highest BCUT2D eigenvalue weighted by molar-refractivity contribution is 7.99. The zero-order valence-electron chi connectivity index (χ0n) is 17.0. The summed E-state index contributed by atoms with van der Waals surface area (Å²) in [4.78, 5) is 24.3. The number of benzene rings is 1. The number of halogens is 1. The number of amides is 1. The molecule has 1 fully saturated rings. The number of carbonyl (C=O) groups excluding carboxylic acids is 1. The zero-order chi connectivity index (χ0) is 20.9. The number of hydrogen-bond donors (Lipinski definition) is 1. The van der Waals surface area contributed by atoms with Gasteiger partial charge in [-0.1, -0.05) is 42.4 Å². The van der Waals surface area contributed by atoms with Gasteiger partial charge in [-0.25, -0.2) is 14.6 Å². The molecule has 1 aliphatic heterocycles. The van der Waals surface area contributed by atoms with Gasteiger partial charge in [0, 0.05) is 19.6 Å². The normalized spacial score (nSPS) is 14.3. The predicted octanol–water partition coefficient (Wildman–Crippen LogP) is 4.01. The van der Waals surface area contributed by atoms with Crippen molar-refractivity contribution in [3.05, 3.63) is 41.0 Å². The Balaban J connectivity index is 1.53. The number of piperidine rings is 1. The first kappa shape index (κ1) is 20.9. The Morgan fingerprint density at radius 3 is 2.77 bits per heavy atom. The number of anilines is 1. The highest BCUT2D eigenvalue weighted by Crippen LogP contribution is 2.29. The van der Waals surface area contributed by atoms with E-state index in [1.165, 1.54) is 19.3 Å². The van der Waals surface area contributed by atoms with E-state index in [4.69, 9.17) is 21.6 Å². The molecular weight excluding hydrogens is 420 g/mol. The summed E-state index contributed by atoms with van der Waals surface area (Å²) >= 11 is 7.75. The summed E-state index contributed by atoms with van der Waals surface area (Å²) < 4.78 is 1.84. The van der Waals surface area contributed by atoms with E-state index in [0.29, 0.717) is 23.7 Å². The average Bonchev–Trinajstić information content (AvgIpc) is 3.17. The summed E-state index contributed by atoms with van der Waals surface area (Å²) in [5.41, 5.74) is 1.29. The Hall–Kier alpha value is -2.32. The van der Waals surface area contributed by atoms with E-state index in [1.807, 2.05) is 10.9 Å². The summed E-state index contributed by atoms with van der Waals surface area (Å²) in [6.07, 6.45) is 5.48. The summed E-state index contributed by atoms with van der Waals surface area (Å²) in [5.74, 6) is 1.69. The molecule has 0 aliphatic carbocycles. The smallest absolute Gasteiger partial charge is 0.252 e. The van der Waals surface area contributed by atoms with Gasteiger partial charge in [0.25, 0.3) is 5.91 Å². The Morgan fingerprint density at radius 1 is 1.20 bits per heavy atom. The molecule has 30 heavy (non-hydrogen) atoms. The van der Waals surface area contributed by atoms with Gasteiger partial charge in [0.15, 0.2) is 10.8 Å². The fraction of sp³-hybridized carbons (Fsp3) is 0.429. The monoisotopic (exact) mass is 444 g/mol. The lowest BCUT2D eigenvalue weighted by atomic mass is 10.1. The van der Waals surface area contributed by atoms with Crippen molar-refractivity contribution < 1.29 is 4.79 Å². The third kappa shape index (κ3) is 4.54. The van der Waals surface area contributed by atoms with Gasteiger partial charge in [0.05, 0.1) is 28.7 Å². The molecule has 1 aromatic carbocycles. The van der Waals surface area contributed by atoms with Gasteiger partial charge in [-0.15, -0.1) is 0 Å². The van der Waals surface area contributed by atoms with Crippen molar-refractivity contribution in [2.24, 2.45) is 0 Å². The standard InChI is InChI=1S/C21H25ClN6OS/c1-2-30-21-25-18(27-11-6-3-7-12-27)16-14-24-28(19(16)26-21)13-10-23-20(29)15-8-4-5-9-17(15)22/h4-5,8-9,14H,2-3,6-7,10-13H2,1H3,(H,23,29). The molecule has 1 N–H and O–H groups in total. The van der Waals surface area contributed by atoms with Crippen LogP contribution in [-0.4, -0.2) is 51.0 Å². The fourth-order valence-corrected chi connectivity index (χ4v) is 4.42. The van der Waals surface area contributed by atoms with Gasteiger partial charge in [-0.05, 0) is 37.1 Å². The molecule has 0 unspecified atom stereocenters. The molecule has 158 valence electrons. The van der Waals surface area contributed by atoms with Crippen molar-refractivity contribution in [2.75, 3.05) is 30.3 Å². The third-order valence-corrected chi connectivity index (χ3v) is 6.17. The van der Waals surface area contributed by atoms with Crippen molar-refractivity contribution in [3.63, 3.8) is 0 Å². The van der Waals surface area contributed by atoms with E-state index < -0.39 is 0 Å².